The van der Waals surface area contributed by atoms with E-state index in [1.165, 1.54) is 11.1 Å². The Bertz CT molecular complexity index is 687. The van der Waals surface area contributed by atoms with E-state index in [1.807, 2.05) is 29.2 Å². The summed E-state index contributed by atoms with van der Waals surface area (Å²) in [6.07, 6.45) is 3.57. The molecule has 2 aromatic carbocycles. The standard InChI is InChI=1S/C21H26N2O/c1-3-16-9-5-7-11-18(16)23(20(24)21(15-22)13-14-21)19-12-8-6-10-17(19)4-2/h5-12H,3-4,13-15,22H2,1-2H3. The van der Waals surface area contributed by atoms with E-state index in [-0.39, 0.29) is 11.3 Å². The molecule has 3 rings (SSSR count). The van der Waals surface area contributed by atoms with Gasteiger partial charge in [-0.05, 0) is 48.9 Å². The number of carbonyl (C=O) groups excluding carboxylic acids is 1. The molecule has 2 aromatic rings. The normalized spacial score (nSPS) is 15.1. The fourth-order valence-corrected chi connectivity index (χ4v) is 3.30. The minimum Gasteiger partial charge on any atom is -0.329 e. The van der Waals surface area contributed by atoms with Gasteiger partial charge in [-0.25, -0.2) is 0 Å². The highest BCUT2D eigenvalue weighted by atomic mass is 16.2. The van der Waals surface area contributed by atoms with Gasteiger partial charge in [-0.3, -0.25) is 9.69 Å². The van der Waals surface area contributed by atoms with E-state index in [0.717, 1.165) is 37.1 Å². The van der Waals surface area contributed by atoms with Crippen molar-refractivity contribution in [2.75, 3.05) is 11.4 Å². The van der Waals surface area contributed by atoms with Gasteiger partial charge >= 0.3 is 0 Å². The van der Waals surface area contributed by atoms with Gasteiger partial charge in [-0.1, -0.05) is 50.2 Å². The molecule has 0 atom stereocenters. The molecule has 1 fully saturated rings. The van der Waals surface area contributed by atoms with Crippen molar-refractivity contribution >= 4 is 17.3 Å². The number of nitrogens with zero attached hydrogens (tertiary/aromatic N) is 1. The van der Waals surface area contributed by atoms with Gasteiger partial charge in [-0.15, -0.1) is 0 Å². The fraction of sp³-hybridized carbons (Fsp3) is 0.381. The van der Waals surface area contributed by atoms with E-state index in [0.29, 0.717) is 6.54 Å². The second-order valence-electron chi connectivity index (χ2n) is 6.59. The Morgan fingerprint density at radius 2 is 1.42 bits per heavy atom. The number of amides is 1. The first-order valence-corrected chi connectivity index (χ1v) is 8.87. The highest BCUT2D eigenvalue weighted by molar-refractivity contribution is 6.06. The molecule has 0 saturated heterocycles. The highest BCUT2D eigenvalue weighted by Gasteiger charge is 2.51. The third-order valence-corrected chi connectivity index (χ3v) is 5.13. The largest absolute Gasteiger partial charge is 0.329 e. The monoisotopic (exact) mass is 322 g/mol. The van der Waals surface area contributed by atoms with Crippen LogP contribution in [0, 0.1) is 5.41 Å². The zero-order valence-electron chi connectivity index (χ0n) is 14.6. The van der Waals surface area contributed by atoms with Gasteiger partial charge in [0.15, 0.2) is 0 Å². The molecular formula is C21H26N2O. The molecule has 24 heavy (non-hydrogen) atoms. The number of para-hydroxylation sites is 2. The quantitative estimate of drug-likeness (QED) is 0.865. The van der Waals surface area contributed by atoms with Crippen LogP contribution in [0.3, 0.4) is 0 Å². The van der Waals surface area contributed by atoms with Gasteiger partial charge in [0.1, 0.15) is 0 Å². The first kappa shape index (κ1) is 16.7. The minimum atomic E-state index is -0.373. The van der Waals surface area contributed by atoms with E-state index in [1.54, 1.807) is 0 Å². The van der Waals surface area contributed by atoms with Gasteiger partial charge in [0, 0.05) is 6.54 Å². The van der Waals surface area contributed by atoms with Crippen molar-refractivity contribution in [1.82, 2.24) is 0 Å². The van der Waals surface area contributed by atoms with Crippen molar-refractivity contribution in [2.24, 2.45) is 11.1 Å². The number of benzene rings is 2. The van der Waals surface area contributed by atoms with E-state index in [9.17, 15) is 4.79 Å². The molecule has 1 amide bonds. The lowest BCUT2D eigenvalue weighted by Gasteiger charge is -2.30. The Hall–Kier alpha value is -2.13. The second kappa shape index (κ2) is 6.78. The maximum atomic E-state index is 13.4. The Kier molecular flexibility index (Phi) is 4.72. The maximum Gasteiger partial charge on any atom is 0.239 e. The number of rotatable bonds is 6. The fourth-order valence-electron chi connectivity index (χ4n) is 3.30. The van der Waals surface area contributed by atoms with Crippen LogP contribution in [-0.2, 0) is 17.6 Å². The molecule has 0 aromatic heterocycles. The van der Waals surface area contributed by atoms with Crippen molar-refractivity contribution in [3.05, 3.63) is 59.7 Å². The predicted octanol–water partition coefficient (Wildman–Crippen LogP) is 4.22. The topological polar surface area (TPSA) is 46.3 Å². The van der Waals surface area contributed by atoms with Gasteiger partial charge in [0.2, 0.25) is 5.91 Å². The highest BCUT2D eigenvalue weighted by Crippen LogP contribution is 2.49. The molecule has 126 valence electrons. The van der Waals surface area contributed by atoms with E-state index >= 15 is 0 Å². The first-order chi connectivity index (χ1) is 11.7. The average molecular weight is 322 g/mol. The number of anilines is 2. The van der Waals surface area contributed by atoms with Crippen molar-refractivity contribution in [3.63, 3.8) is 0 Å². The molecule has 1 aliphatic rings. The number of nitrogens with two attached hydrogens (primary N) is 1. The summed E-state index contributed by atoms with van der Waals surface area (Å²) in [5, 5.41) is 0. The van der Waals surface area contributed by atoms with Crippen LogP contribution in [0.5, 0.6) is 0 Å². The lowest BCUT2D eigenvalue weighted by Crippen LogP contribution is -2.38. The van der Waals surface area contributed by atoms with Crippen molar-refractivity contribution < 1.29 is 4.79 Å². The SMILES string of the molecule is CCc1ccccc1N(C(=O)C1(CN)CC1)c1ccccc1CC. The maximum absolute atomic E-state index is 13.4. The first-order valence-electron chi connectivity index (χ1n) is 8.87. The van der Waals surface area contributed by atoms with Crippen molar-refractivity contribution in [2.45, 2.75) is 39.5 Å². The Labute approximate surface area is 144 Å². The number of aryl methyl sites for hydroxylation is 2. The third-order valence-electron chi connectivity index (χ3n) is 5.13. The van der Waals surface area contributed by atoms with Gasteiger partial charge in [0.05, 0.1) is 16.8 Å². The average Bonchev–Trinajstić information content (AvgIpc) is 3.44. The van der Waals surface area contributed by atoms with Crippen LogP contribution in [0.15, 0.2) is 48.5 Å². The van der Waals surface area contributed by atoms with Gasteiger partial charge in [-0.2, -0.15) is 0 Å². The van der Waals surface area contributed by atoms with Crippen LogP contribution >= 0.6 is 0 Å². The number of hydrogen-bond donors (Lipinski definition) is 1. The van der Waals surface area contributed by atoms with Gasteiger partial charge in [0.25, 0.3) is 0 Å². The van der Waals surface area contributed by atoms with Crippen LogP contribution in [-0.4, -0.2) is 12.5 Å². The molecular weight excluding hydrogens is 296 g/mol. The number of carbonyl (C=O) groups is 1. The van der Waals surface area contributed by atoms with E-state index in [4.69, 9.17) is 5.73 Å². The van der Waals surface area contributed by atoms with E-state index in [2.05, 4.69) is 38.1 Å². The zero-order chi connectivity index (χ0) is 17.2. The smallest absolute Gasteiger partial charge is 0.239 e. The molecule has 1 saturated carbocycles. The van der Waals surface area contributed by atoms with Crippen LogP contribution in [0.4, 0.5) is 11.4 Å². The van der Waals surface area contributed by atoms with Crippen LogP contribution < -0.4 is 10.6 Å². The Morgan fingerprint density at radius 3 is 1.79 bits per heavy atom. The summed E-state index contributed by atoms with van der Waals surface area (Å²) < 4.78 is 0. The van der Waals surface area contributed by atoms with Crippen LogP contribution in [0.1, 0.15) is 37.8 Å². The Balaban J connectivity index is 2.16. The molecule has 1 aliphatic carbocycles. The van der Waals surface area contributed by atoms with Gasteiger partial charge < -0.3 is 5.73 Å². The summed E-state index contributed by atoms with van der Waals surface area (Å²) in [4.78, 5) is 15.4. The third kappa shape index (κ3) is 2.84. The molecule has 0 bridgehead atoms. The lowest BCUT2D eigenvalue weighted by molar-refractivity contribution is -0.122. The molecule has 2 N–H and O–H groups in total. The summed E-state index contributed by atoms with van der Waals surface area (Å²) in [6, 6.07) is 16.4. The van der Waals surface area contributed by atoms with Crippen LogP contribution in [0.25, 0.3) is 0 Å². The van der Waals surface area contributed by atoms with E-state index < -0.39 is 0 Å². The molecule has 0 spiro atoms. The molecule has 3 heteroatoms. The molecule has 3 nitrogen and oxygen atoms in total. The molecule has 0 radical (unpaired) electrons. The second-order valence-corrected chi connectivity index (χ2v) is 6.59. The molecule has 0 aliphatic heterocycles. The van der Waals surface area contributed by atoms with Crippen molar-refractivity contribution in [3.8, 4) is 0 Å². The summed E-state index contributed by atoms with van der Waals surface area (Å²) in [6.45, 7) is 4.68. The summed E-state index contributed by atoms with van der Waals surface area (Å²) in [7, 11) is 0. The minimum absolute atomic E-state index is 0.145. The molecule has 0 heterocycles. The summed E-state index contributed by atoms with van der Waals surface area (Å²) in [5.74, 6) is 0.145. The summed E-state index contributed by atoms with van der Waals surface area (Å²) in [5.41, 5.74) is 9.94. The number of hydrogen-bond acceptors (Lipinski definition) is 2. The zero-order valence-corrected chi connectivity index (χ0v) is 14.6. The lowest BCUT2D eigenvalue weighted by atomic mass is 10.00. The summed E-state index contributed by atoms with van der Waals surface area (Å²) >= 11 is 0. The van der Waals surface area contributed by atoms with Crippen LogP contribution in [0.2, 0.25) is 0 Å². The Morgan fingerprint density at radius 1 is 0.958 bits per heavy atom. The molecule has 0 unspecified atom stereocenters. The van der Waals surface area contributed by atoms with Crippen molar-refractivity contribution in [1.29, 1.82) is 0 Å². The predicted molar refractivity (Wildman–Crippen MR) is 99.5 cm³/mol.